The van der Waals surface area contributed by atoms with Gasteiger partial charge in [-0.25, -0.2) is 0 Å². The van der Waals surface area contributed by atoms with E-state index in [0.717, 1.165) is 6.42 Å². The zero-order chi connectivity index (χ0) is 18.9. The third-order valence-corrected chi connectivity index (χ3v) is 5.18. The van der Waals surface area contributed by atoms with Crippen LogP contribution < -0.4 is 5.32 Å². The molecule has 1 amide bonds. The van der Waals surface area contributed by atoms with E-state index in [1.165, 1.54) is 82.6 Å². The Labute approximate surface area is 162 Å². The molecule has 1 aromatic rings. The minimum absolute atomic E-state index is 0.102. The SMILES string of the molecule is CCCCCCCCCCCCCCCC(=O)N[C@H](C)c1ccccc1. The third-order valence-electron chi connectivity index (χ3n) is 5.18. The van der Waals surface area contributed by atoms with E-state index in [1.54, 1.807) is 0 Å². The van der Waals surface area contributed by atoms with Gasteiger partial charge in [0, 0.05) is 6.42 Å². The van der Waals surface area contributed by atoms with Crippen LogP contribution in [-0.4, -0.2) is 5.91 Å². The highest BCUT2D eigenvalue weighted by atomic mass is 16.1. The maximum atomic E-state index is 12.0. The normalized spacial score (nSPS) is 12.1. The lowest BCUT2D eigenvalue weighted by molar-refractivity contribution is -0.121. The van der Waals surface area contributed by atoms with Crippen molar-refractivity contribution in [3.63, 3.8) is 0 Å². The van der Waals surface area contributed by atoms with Crippen molar-refractivity contribution in [3.05, 3.63) is 35.9 Å². The second-order valence-electron chi connectivity index (χ2n) is 7.69. The lowest BCUT2D eigenvalue weighted by Gasteiger charge is -2.14. The smallest absolute Gasteiger partial charge is 0.220 e. The second-order valence-corrected chi connectivity index (χ2v) is 7.69. The molecular weight excluding hydrogens is 318 g/mol. The van der Waals surface area contributed by atoms with E-state index < -0.39 is 0 Å². The van der Waals surface area contributed by atoms with Gasteiger partial charge >= 0.3 is 0 Å². The van der Waals surface area contributed by atoms with E-state index in [4.69, 9.17) is 0 Å². The van der Waals surface area contributed by atoms with E-state index in [-0.39, 0.29) is 11.9 Å². The Hall–Kier alpha value is -1.31. The van der Waals surface area contributed by atoms with Gasteiger partial charge in [-0.3, -0.25) is 4.79 Å². The molecule has 0 spiro atoms. The van der Waals surface area contributed by atoms with Crippen LogP contribution in [0.4, 0.5) is 0 Å². The fraction of sp³-hybridized carbons (Fsp3) is 0.708. The Morgan fingerprint density at radius 1 is 0.769 bits per heavy atom. The van der Waals surface area contributed by atoms with E-state index in [9.17, 15) is 4.79 Å². The van der Waals surface area contributed by atoms with Crippen molar-refractivity contribution in [1.82, 2.24) is 5.32 Å². The molecule has 1 aromatic carbocycles. The number of rotatable bonds is 16. The molecule has 0 saturated heterocycles. The van der Waals surface area contributed by atoms with Gasteiger partial charge in [0.05, 0.1) is 6.04 Å². The second kappa shape index (κ2) is 15.9. The molecule has 0 aromatic heterocycles. The Morgan fingerprint density at radius 2 is 1.23 bits per heavy atom. The van der Waals surface area contributed by atoms with Crippen LogP contribution in [0.3, 0.4) is 0 Å². The summed E-state index contributed by atoms with van der Waals surface area (Å²) in [6.07, 6.45) is 18.1. The molecule has 0 saturated carbocycles. The topological polar surface area (TPSA) is 29.1 Å². The van der Waals surface area contributed by atoms with Gasteiger partial charge in [0.1, 0.15) is 0 Å². The summed E-state index contributed by atoms with van der Waals surface area (Å²) < 4.78 is 0. The standard InChI is InChI=1S/C24H41NO/c1-3-4-5-6-7-8-9-10-11-12-13-14-18-21-24(26)25-22(2)23-19-16-15-17-20-23/h15-17,19-20,22H,3-14,18,21H2,1-2H3,(H,25,26)/t22-/m1/s1. The van der Waals surface area contributed by atoms with Crippen molar-refractivity contribution in [2.45, 2.75) is 110 Å². The number of unbranched alkanes of at least 4 members (excludes halogenated alkanes) is 12. The van der Waals surface area contributed by atoms with Crippen LogP contribution in [0.1, 0.15) is 115 Å². The summed E-state index contributed by atoms with van der Waals surface area (Å²) in [4.78, 5) is 12.0. The average molecular weight is 360 g/mol. The maximum absolute atomic E-state index is 12.0. The number of benzene rings is 1. The van der Waals surface area contributed by atoms with Gasteiger partial charge < -0.3 is 5.32 Å². The van der Waals surface area contributed by atoms with Gasteiger partial charge in [-0.1, -0.05) is 114 Å². The van der Waals surface area contributed by atoms with Crippen LogP contribution in [0.25, 0.3) is 0 Å². The van der Waals surface area contributed by atoms with Crippen LogP contribution >= 0.6 is 0 Å². The van der Waals surface area contributed by atoms with Crippen LogP contribution in [0.5, 0.6) is 0 Å². The number of carbonyl (C=O) groups excluding carboxylic acids is 1. The quantitative estimate of drug-likeness (QED) is 0.307. The first-order chi connectivity index (χ1) is 12.7. The highest BCUT2D eigenvalue weighted by Gasteiger charge is 2.08. The predicted molar refractivity (Wildman–Crippen MR) is 113 cm³/mol. The lowest BCUT2D eigenvalue weighted by atomic mass is 10.0. The molecule has 1 rings (SSSR count). The van der Waals surface area contributed by atoms with Crippen molar-refractivity contribution in [1.29, 1.82) is 0 Å². The van der Waals surface area contributed by atoms with E-state index in [2.05, 4.69) is 31.3 Å². The zero-order valence-corrected chi connectivity index (χ0v) is 17.3. The first-order valence-electron chi connectivity index (χ1n) is 11.1. The maximum Gasteiger partial charge on any atom is 0.220 e. The van der Waals surface area contributed by atoms with Gasteiger partial charge in [-0.2, -0.15) is 0 Å². The summed E-state index contributed by atoms with van der Waals surface area (Å²) in [5.74, 6) is 0.185. The molecule has 0 heterocycles. The van der Waals surface area contributed by atoms with Crippen LogP contribution in [0.15, 0.2) is 30.3 Å². The Balaban J connectivity index is 1.87. The molecule has 148 valence electrons. The summed E-state index contributed by atoms with van der Waals surface area (Å²) in [6, 6.07) is 10.3. The molecule has 0 fully saturated rings. The molecule has 0 aliphatic carbocycles. The van der Waals surface area contributed by atoms with Gasteiger partial charge in [-0.15, -0.1) is 0 Å². The van der Waals surface area contributed by atoms with Crippen LogP contribution in [0, 0.1) is 0 Å². The van der Waals surface area contributed by atoms with E-state index >= 15 is 0 Å². The fourth-order valence-electron chi connectivity index (χ4n) is 3.44. The van der Waals surface area contributed by atoms with Gasteiger partial charge in [0.25, 0.3) is 0 Å². The van der Waals surface area contributed by atoms with Crippen LogP contribution in [0.2, 0.25) is 0 Å². The molecule has 1 N–H and O–H groups in total. The van der Waals surface area contributed by atoms with Gasteiger partial charge in [0.2, 0.25) is 5.91 Å². The van der Waals surface area contributed by atoms with Crippen molar-refractivity contribution in [2.24, 2.45) is 0 Å². The van der Waals surface area contributed by atoms with E-state index in [0.29, 0.717) is 6.42 Å². The predicted octanol–water partition coefficient (Wildman–Crippen LogP) is 7.35. The van der Waals surface area contributed by atoms with Gasteiger partial charge in [0.15, 0.2) is 0 Å². The molecule has 2 heteroatoms. The Kier molecular flexibility index (Phi) is 13.9. The average Bonchev–Trinajstić information content (AvgIpc) is 2.66. The number of nitrogens with one attached hydrogen (secondary N) is 1. The summed E-state index contributed by atoms with van der Waals surface area (Å²) in [5.41, 5.74) is 1.17. The molecule has 2 nitrogen and oxygen atoms in total. The van der Waals surface area contributed by atoms with Crippen molar-refractivity contribution >= 4 is 5.91 Å². The van der Waals surface area contributed by atoms with Crippen molar-refractivity contribution < 1.29 is 4.79 Å². The minimum atomic E-state index is 0.102. The number of hydrogen-bond acceptors (Lipinski definition) is 1. The van der Waals surface area contributed by atoms with Crippen LogP contribution in [-0.2, 0) is 4.79 Å². The number of carbonyl (C=O) groups is 1. The summed E-state index contributed by atoms with van der Waals surface area (Å²) in [5, 5.41) is 3.10. The minimum Gasteiger partial charge on any atom is -0.350 e. The Morgan fingerprint density at radius 3 is 1.73 bits per heavy atom. The summed E-state index contributed by atoms with van der Waals surface area (Å²) in [7, 11) is 0. The first-order valence-corrected chi connectivity index (χ1v) is 11.1. The van der Waals surface area contributed by atoms with E-state index in [1.807, 2.05) is 18.2 Å². The highest BCUT2D eigenvalue weighted by molar-refractivity contribution is 5.76. The molecule has 26 heavy (non-hydrogen) atoms. The molecular formula is C24H41NO. The van der Waals surface area contributed by atoms with Crippen molar-refractivity contribution in [2.75, 3.05) is 0 Å². The molecule has 0 aliphatic heterocycles. The molecule has 1 atom stereocenters. The summed E-state index contributed by atoms with van der Waals surface area (Å²) >= 11 is 0. The molecule has 0 unspecified atom stereocenters. The first kappa shape index (κ1) is 22.7. The highest BCUT2D eigenvalue weighted by Crippen LogP contribution is 2.14. The molecule has 0 aliphatic rings. The van der Waals surface area contributed by atoms with Crippen molar-refractivity contribution in [3.8, 4) is 0 Å². The zero-order valence-electron chi connectivity index (χ0n) is 17.3. The largest absolute Gasteiger partial charge is 0.350 e. The lowest BCUT2D eigenvalue weighted by Crippen LogP contribution is -2.26. The fourth-order valence-corrected chi connectivity index (χ4v) is 3.44. The monoisotopic (exact) mass is 359 g/mol. The molecule has 0 radical (unpaired) electrons. The molecule has 0 bridgehead atoms. The number of amides is 1. The number of hydrogen-bond donors (Lipinski definition) is 1. The Bertz CT molecular complexity index is 443. The summed E-state index contributed by atoms with van der Waals surface area (Å²) in [6.45, 7) is 4.33. The van der Waals surface area contributed by atoms with Gasteiger partial charge in [-0.05, 0) is 18.9 Å². The third kappa shape index (κ3) is 12.1.